The van der Waals surface area contributed by atoms with E-state index in [2.05, 4.69) is 10.6 Å². The first-order valence-corrected chi connectivity index (χ1v) is 5.65. The molecule has 0 radical (unpaired) electrons. The zero-order valence-corrected chi connectivity index (χ0v) is 10.1. The van der Waals surface area contributed by atoms with Crippen molar-refractivity contribution in [1.29, 1.82) is 0 Å². The standard InChI is InChI=1S/C11H20N2O3/c1-11(2,3)13-10(15)16-8-6-4-5-7-12-9(8)14/h8H,4-7H2,1-3H3,(H,12,14)(H,13,15)/t8-/m1/s1. The Kier molecular flexibility index (Phi) is 4.15. The van der Waals surface area contributed by atoms with Gasteiger partial charge in [0.1, 0.15) is 0 Å². The molecule has 0 aromatic heterocycles. The third kappa shape index (κ3) is 4.51. The molecule has 1 fully saturated rings. The van der Waals surface area contributed by atoms with Gasteiger partial charge in [-0.15, -0.1) is 0 Å². The Bertz CT molecular complexity index is 271. The van der Waals surface area contributed by atoms with Crippen LogP contribution < -0.4 is 10.6 Å². The maximum Gasteiger partial charge on any atom is 0.408 e. The Hall–Kier alpha value is -1.26. The quantitative estimate of drug-likeness (QED) is 0.708. The average molecular weight is 228 g/mol. The van der Waals surface area contributed by atoms with E-state index in [0.29, 0.717) is 13.0 Å². The van der Waals surface area contributed by atoms with Crippen LogP contribution in [0.4, 0.5) is 4.79 Å². The number of alkyl carbamates (subject to hydrolysis) is 1. The smallest absolute Gasteiger partial charge is 0.408 e. The molecular formula is C11H20N2O3. The van der Waals surface area contributed by atoms with Gasteiger partial charge in [-0.1, -0.05) is 0 Å². The number of ether oxygens (including phenoxy) is 1. The van der Waals surface area contributed by atoms with E-state index in [1.54, 1.807) is 0 Å². The molecule has 0 saturated carbocycles. The molecule has 2 N–H and O–H groups in total. The molecule has 5 nitrogen and oxygen atoms in total. The van der Waals surface area contributed by atoms with Crippen LogP contribution in [0.3, 0.4) is 0 Å². The Balaban J connectivity index is 2.45. The summed E-state index contributed by atoms with van der Waals surface area (Å²) in [7, 11) is 0. The number of nitrogens with one attached hydrogen (secondary N) is 2. The van der Waals surface area contributed by atoms with Crippen molar-refractivity contribution in [1.82, 2.24) is 10.6 Å². The van der Waals surface area contributed by atoms with Crippen LogP contribution in [0.25, 0.3) is 0 Å². The van der Waals surface area contributed by atoms with Gasteiger partial charge in [-0.2, -0.15) is 0 Å². The van der Waals surface area contributed by atoms with Gasteiger partial charge in [-0.05, 0) is 40.0 Å². The predicted octanol–water partition coefficient (Wildman–Crippen LogP) is 1.18. The number of carbonyl (C=O) groups is 2. The minimum atomic E-state index is -0.648. The molecule has 0 aromatic carbocycles. The molecule has 0 unspecified atom stereocenters. The minimum Gasteiger partial charge on any atom is -0.436 e. The van der Waals surface area contributed by atoms with E-state index in [0.717, 1.165) is 12.8 Å². The molecule has 1 aliphatic rings. The molecule has 0 spiro atoms. The van der Waals surface area contributed by atoms with Gasteiger partial charge in [-0.3, -0.25) is 4.79 Å². The first-order valence-electron chi connectivity index (χ1n) is 5.65. The fourth-order valence-corrected chi connectivity index (χ4v) is 1.49. The van der Waals surface area contributed by atoms with Crippen molar-refractivity contribution in [2.24, 2.45) is 0 Å². The molecule has 1 rings (SSSR count). The molecule has 1 aliphatic heterocycles. The number of hydrogen-bond acceptors (Lipinski definition) is 3. The van der Waals surface area contributed by atoms with Gasteiger partial charge in [0.05, 0.1) is 0 Å². The highest BCUT2D eigenvalue weighted by Crippen LogP contribution is 2.10. The maximum absolute atomic E-state index is 11.5. The van der Waals surface area contributed by atoms with Gasteiger partial charge in [0.15, 0.2) is 6.10 Å². The second-order valence-corrected chi connectivity index (χ2v) is 5.06. The molecule has 0 aliphatic carbocycles. The van der Waals surface area contributed by atoms with Crippen LogP contribution >= 0.6 is 0 Å². The Morgan fingerprint density at radius 3 is 2.75 bits per heavy atom. The van der Waals surface area contributed by atoms with E-state index in [1.165, 1.54) is 0 Å². The summed E-state index contributed by atoms with van der Waals surface area (Å²) in [5, 5.41) is 5.39. The fourth-order valence-electron chi connectivity index (χ4n) is 1.49. The lowest BCUT2D eigenvalue weighted by atomic mass is 10.1. The van der Waals surface area contributed by atoms with Crippen molar-refractivity contribution in [3.05, 3.63) is 0 Å². The molecule has 1 atom stereocenters. The van der Waals surface area contributed by atoms with Crippen molar-refractivity contribution < 1.29 is 14.3 Å². The van der Waals surface area contributed by atoms with Crippen LogP contribution in [-0.4, -0.2) is 30.2 Å². The monoisotopic (exact) mass is 228 g/mol. The second-order valence-electron chi connectivity index (χ2n) is 5.06. The number of rotatable bonds is 1. The third-order valence-electron chi connectivity index (χ3n) is 2.21. The van der Waals surface area contributed by atoms with E-state index in [9.17, 15) is 9.59 Å². The van der Waals surface area contributed by atoms with Gasteiger partial charge in [0.2, 0.25) is 0 Å². The molecule has 16 heavy (non-hydrogen) atoms. The van der Waals surface area contributed by atoms with Gasteiger partial charge in [0.25, 0.3) is 5.91 Å². The van der Waals surface area contributed by atoms with E-state index >= 15 is 0 Å². The Labute approximate surface area is 95.9 Å². The third-order valence-corrected chi connectivity index (χ3v) is 2.21. The van der Waals surface area contributed by atoms with E-state index in [4.69, 9.17) is 4.74 Å². The summed E-state index contributed by atoms with van der Waals surface area (Å²) in [6.07, 6.45) is 1.25. The first kappa shape index (κ1) is 12.8. The van der Waals surface area contributed by atoms with E-state index < -0.39 is 12.2 Å². The SMILES string of the molecule is CC(C)(C)NC(=O)O[C@@H]1CCCCNC1=O. The largest absolute Gasteiger partial charge is 0.436 e. The highest BCUT2D eigenvalue weighted by atomic mass is 16.6. The summed E-state index contributed by atoms with van der Waals surface area (Å²) < 4.78 is 5.10. The van der Waals surface area contributed by atoms with Gasteiger partial charge < -0.3 is 15.4 Å². The summed E-state index contributed by atoms with van der Waals surface area (Å²) >= 11 is 0. The lowest BCUT2D eigenvalue weighted by Gasteiger charge is -2.22. The fraction of sp³-hybridized carbons (Fsp3) is 0.818. The number of hydrogen-bond donors (Lipinski definition) is 2. The molecule has 1 heterocycles. The second kappa shape index (κ2) is 5.18. The molecule has 92 valence electrons. The topological polar surface area (TPSA) is 67.4 Å². The lowest BCUT2D eigenvalue weighted by molar-refractivity contribution is -0.129. The van der Waals surface area contributed by atoms with Crippen LogP contribution in [0.15, 0.2) is 0 Å². The molecule has 2 amide bonds. The summed E-state index contributed by atoms with van der Waals surface area (Å²) in [6.45, 7) is 6.25. The van der Waals surface area contributed by atoms with E-state index in [-0.39, 0.29) is 11.4 Å². The van der Waals surface area contributed by atoms with Crippen molar-refractivity contribution >= 4 is 12.0 Å². The maximum atomic E-state index is 11.5. The molecule has 1 saturated heterocycles. The van der Waals surface area contributed by atoms with E-state index in [1.807, 2.05) is 20.8 Å². The molecule has 0 bridgehead atoms. The van der Waals surface area contributed by atoms with Gasteiger partial charge >= 0.3 is 6.09 Å². The Morgan fingerprint density at radius 2 is 2.12 bits per heavy atom. The zero-order valence-electron chi connectivity index (χ0n) is 10.1. The lowest BCUT2D eigenvalue weighted by Crippen LogP contribution is -2.45. The summed E-state index contributed by atoms with van der Waals surface area (Å²) in [4.78, 5) is 23.0. The van der Waals surface area contributed by atoms with Crippen molar-refractivity contribution in [2.75, 3.05) is 6.54 Å². The van der Waals surface area contributed by atoms with Gasteiger partial charge in [-0.25, -0.2) is 4.79 Å². The van der Waals surface area contributed by atoms with Crippen LogP contribution in [0.2, 0.25) is 0 Å². The number of amides is 2. The van der Waals surface area contributed by atoms with Crippen LogP contribution in [0.5, 0.6) is 0 Å². The first-order chi connectivity index (χ1) is 7.38. The van der Waals surface area contributed by atoms with Crippen LogP contribution in [-0.2, 0) is 9.53 Å². The summed E-state index contributed by atoms with van der Waals surface area (Å²) in [5.74, 6) is -0.193. The minimum absolute atomic E-state index is 0.193. The van der Waals surface area contributed by atoms with Crippen LogP contribution in [0, 0.1) is 0 Å². The average Bonchev–Trinajstić information content (AvgIpc) is 2.29. The molecular weight excluding hydrogens is 208 g/mol. The van der Waals surface area contributed by atoms with Crippen molar-refractivity contribution in [3.63, 3.8) is 0 Å². The van der Waals surface area contributed by atoms with Gasteiger partial charge in [0, 0.05) is 12.1 Å². The molecule has 0 aromatic rings. The highest BCUT2D eigenvalue weighted by Gasteiger charge is 2.25. The Morgan fingerprint density at radius 1 is 1.44 bits per heavy atom. The van der Waals surface area contributed by atoms with Crippen molar-refractivity contribution in [3.8, 4) is 0 Å². The molecule has 5 heteroatoms. The zero-order chi connectivity index (χ0) is 12.2. The summed E-state index contributed by atoms with van der Waals surface area (Å²) in [6, 6.07) is 0. The number of carbonyl (C=O) groups excluding carboxylic acids is 2. The van der Waals surface area contributed by atoms with Crippen molar-refractivity contribution in [2.45, 2.75) is 51.7 Å². The predicted molar refractivity (Wildman–Crippen MR) is 60.0 cm³/mol. The van der Waals surface area contributed by atoms with Crippen LogP contribution in [0.1, 0.15) is 40.0 Å². The normalized spacial score (nSPS) is 21.9. The summed E-state index contributed by atoms with van der Waals surface area (Å²) in [5.41, 5.74) is -0.349. The highest BCUT2D eigenvalue weighted by molar-refractivity contribution is 5.83.